The summed E-state index contributed by atoms with van der Waals surface area (Å²) in [4.78, 5) is 40.4. The van der Waals surface area contributed by atoms with Crippen molar-refractivity contribution in [2.45, 2.75) is 64.8 Å². The molecule has 0 unspecified atom stereocenters. The van der Waals surface area contributed by atoms with Gasteiger partial charge in [-0.05, 0) is 55.7 Å². The van der Waals surface area contributed by atoms with Crippen LogP contribution in [0.25, 0.3) is 0 Å². The van der Waals surface area contributed by atoms with Crippen LogP contribution in [0, 0.1) is 17.2 Å². The lowest BCUT2D eigenvalue weighted by Crippen LogP contribution is -2.47. The van der Waals surface area contributed by atoms with E-state index in [1.807, 2.05) is 4.90 Å². The van der Waals surface area contributed by atoms with E-state index in [2.05, 4.69) is 13.8 Å². The lowest BCUT2D eigenvalue weighted by Gasteiger charge is -2.38. The molecule has 1 aromatic carbocycles. The van der Waals surface area contributed by atoms with Crippen molar-refractivity contribution >= 4 is 17.8 Å². The summed E-state index contributed by atoms with van der Waals surface area (Å²) in [6.07, 6.45) is 3.33. The summed E-state index contributed by atoms with van der Waals surface area (Å²) in [5.74, 6) is -0.637. The zero-order valence-corrected chi connectivity index (χ0v) is 18.5. The summed E-state index contributed by atoms with van der Waals surface area (Å²) in [7, 11) is 0. The van der Waals surface area contributed by atoms with Crippen molar-refractivity contribution in [3.63, 3.8) is 0 Å². The van der Waals surface area contributed by atoms with Crippen molar-refractivity contribution in [3.8, 4) is 0 Å². The molecule has 1 aromatic rings. The Balaban J connectivity index is 1.65. The molecule has 0 bridgehead atoms. The number of likely N-dealkylation sites (tertiary alicyclic amines) is 2. The summed E-state index contributed by atoms with van der Waals surface area (Å²) in [6, 6.07) is 6.58. The fourth-order valence-corrected chi connectivity index (χ4v) is 4.97. The molecule has 0 aromatic heterocycles. The lowest BCUT2D eigenvalue weighted by molar-refractivity contribution is -0.143. The summed E-state index contributed by atoms with van der Waals surface area (Å²) < 4.78 is 13.3. The van der Waals surface area contributed by atoms with Gasteiger partial charge in [-0.15, -0.1) is 0 Å². The molecule has 6 nitrogen and oxygen atoms in total. The SMILES string of the molecule is CC(C)CN1C(=O)C2(CCN(C(=O)CCCC(=O)O)CC2)C[C@H]1Cc1ccc(F)cc1. The Morgan fingerprint density at radius 2 is 1.81 bits per heavy atom. The first kappa shape index (κ1) is 23.2. The van der Waals surface area contributed by atoms with Crippen LogP contribution in [0.5, 0.6) is 0 Å². The van der Waals surface area contributed by atoms with E-state index in [4.69, 9.17) is 5.11 Å². The Bertz CT molecular complexity index is 800. The molecule has 2 aliphatic heterocycles. The maximum Gasteiger partial charge on any atom is 0.303 e. The second-order valence-corrected chi connectivity index (χ2v) is 9.45. The minimum atomic E-state index is -0.889. The minimum Gasteiger partial charge on any atom is -0.481 e. The van der Waals surface area contributed by atoms with E-state index in [9.17, 15) is 18.8 Å². The summed E-state index contributed by atoms with van der Waals surface area (Å²) in [5.41, 5.74) is 0.591. The Hall–Kier alpha value is -2.44. The quantitative estimate of drug-likeness (QED) is 0.682. The first-order valence-electron chi connectivity index (χ1n) is 11.3. The van der Waals surface area contributed by atoms with Crippen molar-refractivity contribution in [1.82, 2.24) is 9.80 Å². The third-order valence-corrected chi connectivity index (χ3v) is 6.58. The molecule has 170 valence electrons. The molecule has 2 aliphatic rings. The van der Waals surface area contributed by atoms with Crippen LogP contribution in [0.1, 0.15) is 57.9 Å². The molecule has 1 atom stereocenters. The number of hydrogen-bond acceptors (Lipinski definition) is 3. The number of halogens is 1. The summed E-state index contributed by atoms with van der Waals surface area (Å²) in [6.45, 7) is 5.98. The minimum absolute atomic E-state index is 0.00275. The van der Waals surface area contributed by atoms with Crippen molar-refractivity contribution in [2.75, 3.05) is 19.6 Å². The van der Waals surface area contributed by atoms with Crippen LogP contribution < -0.4 is 0 Å². The topological polar surface area (TPSA) is 77.9 Å². The van der Waals surface area contributed by atoms with Crippen molar-refractivity contribution in [2.24, 2.45) is 11.3 Å². The van der Waals surface area contributed by atoms with Crippen molar-refractivity contribution < 1.29 is 23.9 Å². The third-order valence-electron chi connectivity index (χ3n) is 6.58. The molecule has 7 heteroatoms. The number of rotatable bonds is 8. The predicted octanol–water partition coefficient (Wildman–Crippen LogP) is 3.49. The van der Waals surface area contributed by atoms with Gasteiger partial charge in [0.25, 0.3) is 0 Å². The number of piperidine rings is 1. The molecule has 2 amide bonds. The number of amides is 2. The third kappa shape index (κ3) is 5.63. The number of carboxylic acids is 1. The highest BCUT2D eigenvalue weighted by Gasteiger charge is 2.52. The Morgan fingerprint density at radius 3 is 2.39 bits per heavy atom. The van der Waals surface area contributed by atoms with Crippen LogP contribution in [-0.2, 0) is 20.8 Å². The van der Waals surface area contributed by atoms with E-state index in [0.717, 1.165) is 12.0 Å². The van der Waals surface area contributed by atoms with E-state index in [0.29, 0.717) is 51.2 Å². The molecule has 2 heterocycles. The number of carboxylic acid groups (broad SMARTS) is 1. The largest absolute Gasteiger partial charge is 0.481 e. The first-order valence-corrected chi connectivity index (χ1v) is 11.3. The van der Waals surface area contributed by atoms with Gasteiger partial charge in [-0.1, -0.05) is 26.0 Å². The second-order valence-electron chi connectivity index (χ2n) is 9.45. The van der Waals surface area contributed by atoms with Crippen LogP contribution in [0.3, 0.4) is 0 Å². The van der Waals surface area contributed by atoms with Gasteiger partial charge in [0, 0.05) is 38.5 Å². The van der Waals surface area contributed by atoms with Gasteiger partial charge >= 0.3 is 5.97 Å². The van der Waals surface area contributed by atoms with Crippen LogP contribution in [-0.4, -0.2) is 58.4 Å². The van der Waals surface area contributed by atoms with Gasteiger partial charge < -0.3 is 14.9 Å². The molecule has 3 rings (SSSR count). The van der Waals surface area contributed by atoms with Gasteiger partial charge in [0.05, 0.1) is 5.41 Å². The molecule has 0 saturated carbocycles. The van der Waals surface area contributed by atoms with Crippen LogP contribution in [0.2, 0.25) is 0 Å². The van der Waals surface area contributed by atoms with Gasteiger partial charge in [0.15, 0.2) is 0 Å². The smallest absolute Gasteiger partial charge is 0.303 e. The van der Waals surface area contributed by atoms with E-state index >= 15 is 0 Å². The molecule has 1 N–H and O–H groups in total. The Labute approximate surface area is 183 Å². The molecule has 0 radical (unpaired) electrons. The average Bonchev–Trinajstić information content (AvgIpc) is 2.95. The van der Waals surface area contributed by atoms with Crippen LogP contribution >= 0.6 is 0 Å². The highest BCUT2D eigenvalue weighted by Crippen LogP contribution is 2.45. The molecule has 31 heavy (non-hydrogen) atoms. The zero-order chi connectivity index (χ0) is 22.6. The fraction of sp³-hybridized carbons (Fsp3) is 0.625. The highest BCUT2D eigenvalue weighted by molar-refractivity contribution is 5.86. The van der Waals surface area contributed by atoms with Crippen LogP contribution in [0.15, 0.2) is 24.3 Å². The van der Waals surface area contributed by atoms with Crippen molar-refractivity contribution in [3.05, 3.63) is 35.6 Å². The van der Waals surface area contributed by atoms with Gasteiger partial charge in [0.1, 0.15) is 5.82 Å². The fourth-order valence-electron chi connectivity index (χ4n) is 4.97. The normalized spacial score (nSPS) is 20.6. The van der Waals surface area contributed by atoms with Gasteiger partial charge in [-0.2, -0.15) is 0 Å². The van der Waals surface area contributed by atoms with E-state index in [1.54, 1.807) is 17.0 Å². The first-order chi connectivity index (χ1) is 14.7. The molecule has 2 saturated heterocycles. The monoisotopic (exact) mass is 432 g/mol. The summed E-state index contributed by atoms with van der Waals surface area (Å²) >= 11 is 0. The Kier molecular flexibility index (Phi) is 7.34. The van der Waals surface area contributed by atoms with E-state index < -0.39 is 11.4 Å². The number of hydrogen-bond donors (Lipinski definition) is 1. The van der Waals surface area contributed by atoms with Gasteiger partial charge in [0.2, 0.25) is 11.8 Å². The second kappa shape index (κ2) is 9.79. The molecule has 0 aliphatic carbocycles. The zero-order valence-electron chi connectivity index (χ0n) is 18.5. The molecular formula is C24H33FN2O4. The average molecular weight is 433 g/mol. The standard InChI is InChI=1S/C24H33FN2O4/c1-17(2)16-27-20(14-18-6-8-19(25)9-7-18)15-24(23(27)31)10-12-26(13-11-24)21(28)4-3-5-22(29)30/h6-9,17,20H,3-5,10-16H2,1-2H3,(H,29,30)/t20-/m1/s1. The predicted molar refractivity (Wildman–Crippen MR) is 115 cm³/mol. The number of carbonyl (C=O) groups excluding carboxylic acids is 2. The van der Waals surface area contributed by atoms with Gasteiger partial charge in [-0.25, -0.2) is 4.39 Å². The summed E-state index contributed by atoms with van der Waals surface area (Å²) in [5, 5.41) is 8.75. The maximum atomic E-state index is 13.5. The van der Waals surface area contributed by atoms with E-state index in [1.165, 1.54) is 12.1 Å². The molecule has 2 fully saturated rings. The molecule has 1 spiro atoms. The number of nitrogens with zero attached hydrogens (tertiary/aromatic N) is 2. The van der Waals surface area contributed by atoms with Crippen molar-refractivity contribution in [1.29, 1.82) is 0 Å². The Morgan fingerprint density at radius 1 is 1.16 bits per heavy atom. The number of aliphatic carboxylic acids is 1. The maximum absolute atomic E-state index is 13.5. The van der Waals surface area contributed by atoms with Gasteiger partial charge in [-0.3, -0.25) is 14.4 Å². The molecular weight excluding hydrogens is 399 g/mol. The van der Waals surface area contributed by atoms with E-state index in [-0.39, 0.29) is 36.5 Å². The lowest BCUT2D eigenvalue weighted by atomic mass is 9.75. The number of benzene rings is 1. The number of carbonyl (C=O) groups is 3. The highest BCUT2D eigenvalue weighted by atomic mass is 19.1. The van der Waals surface area contributed by atoms with Crippen LogP contribution in [0.4, 0.5) is 4.39 Å².